The molecule has 1 aromatic rings. The number of carbonyl (C=O) groups is 3. The third kappa shape index (κ3) is 4.42. The van der Waals surface area contributed by atoms with Gasteiger partial charge in [0.1, 0.15) is 17.2 Å². The van der Waals surface area contributed by atoms with Crippen LogP contribution in [0.4, 0.5) is 0 Å². The molecule has 1 aromatic heterocycles. The number of aliphatic hydroxyl groups excluding tert-OH is 2. The van der Waals surface area contributed by atoms with E-state index in [4.69, 9.17) is 4.74 Å². The third-order valence-electron chi connectivity index (χ3n) is 5.89. The molecule has 2 aliphatic rings. The molecule has 9 heteroatoms. The van der Waals surface area contributed by atoms with Crippen LogP contribution < -0.4 is 5.69 Å². The van der Waals surface area contributed by atoms with E-state index in [1.807, 2.05) is 27.7 Å². The zero-order chi connectivity index (χ0) is 24.0. The highest BCUT2D eigenvalue weighted by Gasteiger charge is 2.45. The summed E-state index contributed by atoms with van der Waals surface area (Å²) in [5.74, 6) is -3.45. The number of imidazole rings is 1. The zero-order valence-electron chi connectivity index (χ0n) is 19.0. The molecule has 0 radical (unpaired) electrons. The Morgan fingerprint density at radius 1 is 0.906 bits per heavy atom. The van der Waals surface area contributed by atoms with Crippen molar-refractivity contribution in [2.45, 2.75) is 66.2 Å². The number of aromatic amines is 2. The summed E-state index contributed by atoms with van der Waals surface area (Å²) in [5, 5.41) is 21.8. The summed E-state index contributed by atoms with van der Waals surface area (Å²) >= 11 is 0. The Labute approximate surface area is 185 Å². The van der Waals surface area contributed by atoms with Gasteiger partial charge in [0.25, 0.3) is 0 Å². The number of allylic oxidation sites excluding steroid dienone is 4. The predicted molar refractivity (Wildman–Crippen MR) is 115 cm³/mol. The number of nitrogens with one attached hydrogen (secondary N) is 2. The van der Waals surface area contributed by atoms with Gasteiger partial charge >= 0.3 is 11.7 Å². The molecule has 0 unspecified atom stereocenters. The van der Waals surface area contributed by atoms with Crippen LogP contribution in [-0.2, 0) is 14.3 Å². The summed E-state index contributed by atoms with van der Waals surface area (Å²) in [7, 11) is 0. The minimum absolute atomic E-state index is 0.0400. The van der Waals surface area contributed by atoms with Gasteiger partial charge < -0.3 is 19.9 Å². The van der Waals surface area contributed by atoms with Crippen LogP contribution in [0.5, 0.6) is 0 Å². The van der Waals surface area contributed by atoms with E-state index in [2.05, 4.69) is 9.97 Å². The zero-order valence-corrected chi connectivity index (χ0v) is 19.0. The second-order valence-electron chi connectivity index (χ2n) is 10.1. The minimum Gasteiger partial charge on any atom is -0.512 e. The van der Waals surface area contributed by atoms with Gasteiger partial charge in [-0.2, -0.15) is 0 Å². The number of esters is 1. The van der Waals surface area contributed by atoms with Crippen LogP contribution in [-0.4, -0.2) is 44.3 Å². The largest absolute Gasteiger partial charge is 0.512 e. The molecule has 4 N–H and O–H groups in total. The summed E-state index contributed by atoms with van der Waals surface area (Å²) in [6.07, 6.45) is 0.531. The Hall–Kier alpha value is -3.10. The highest BCUT2D eigenvalue weighted by molar-refractivity contribution is 6.06. The molecule has 0 bridgehead atoms. The van der Waals surface area contributed by atoms with Crippen molar-refractivity contribution in [1.82, 2.24) is 9.97 Å². The number of hydrogen-bond acceptors (Lipinski definition) is 7. The second kappa shape index (κ2) is 8.11. The number of aromatic nitrogens is 2. The Bertz CT molecular complexity index is 1050. The van der Waals surface area contributed by atoms with E-state index in [0.717, 1.165) is 0 Å². The van der Waals surface area contributed by atoms with E-state index in [9.17, 15) is 29.4 Å². The van der Waals surface area contributed by atoms with Gasteiger partial charge in [0.2, 0.25) is 0 Å². The number of ether oxygens (including phenoxy) is 1. The molecular formula is C23H30N2O7. The molecule has 2 aliphatic carbocycles. The van der Waals surface area contributed by atoms with Crippen LogP contribution in [0.2, 0.25) is 0 Å². The molecule has 0 spiro atoms. The lowest BCUT2D eigenvalue weighted by Crippen LogP contribution is -2.34. The highest BCUT2D eigenvalue weighted by Crippen LogP contribution is 2.47. The Morgan fingerprint density at radius 3 is 1.78 bits per heavy atom. The van der Waals surface area contributed by atoms with Crippen molar-refractivity contribution in [3.8, 4) is 0 Å². The molecule has 0 atom stereocenters. The van der Waals surface area contributed by atoms with E-state index in [1.54, 1.807) is 6.92 Å². The van der Waals surface area contributed by atoms with Crippen LogP contribution in [0.15, 0.2) is 27.5 Å². The van der Waals surface area contributed by atoms with Crippen molar-refractivity contribution in [1.29, 1.82) is 0 Å². The van der Waals surface area contributed by atoms with Crippen LogP contribution in [0.1, 0.15) is 82.4 Å². The summed E-state index contributed by atoms with van der Waals surface area (Å²) in [4.78, 5) is 55.9. The smallest absolute Gasteiger partial charge is 0.356 e. The van der Waals surface area contributed by atoms with Gasteiger partial charge in [-0.05, 0) is 17.8 Å². The predicted octanol–water partition coefficient (Wildman–Crippen LogP) is 3.37. The number of hydrogen-bond donors (Lipinski definition) is 4. The monoisotopic (exact) mass is 446 g/mol. The van der Waals surface area contributed by atoms with Crippen molar-refractivity contribution in [2.24, 2.45) is 10.8 Å². The maximum absolute atomic E-state index is 13.2. The molecule has 0 amide bonds. The van der Waals surface area contributed by atoms with Crippen LogP contribution in [0.25, 0.3) is 0 Å². The first kappa shape index (κ1) is 23.6. The molecule has 0 aromatic carbocycles. The molecule has 0 saturated carbocycles. The van der Waals surface area contributed by atoms with Gasteiger partial charge in [0, 0.05) is 36.8 Å². The molecule has 0 fully saturated rings. The number of rotatable bonds is 5. The number of Topliss-reactive ketones (excluding diaryl/α,β-unsaturated/α-hetero) is 2. The summed E-state index contributed by atoms with van der Waals surface area (Å²) in [6.45, 7) is 8.97. The average Bonchev–Trinajstić information content (AvgIpc) is 2.99. The van der Waals surface area contributed by atoms with Crippen LogP contribution in [0, 0.1) is 10.8 Å². The lowest BCUT2D eigenvalue weighted by atomic mass is 9.67. The lowest BCUT2D eigenvalue weighted by molar-refractivity contribution is -0.119. The van der Waals surface area contributed by atoms with Gasteiger partial charge in [-0.3, -0.25) is 14.6 Å². The molecule has 0 saturated heterocycles. The van der Waals surface area contributed by atoms with E-state index in [1.165, 1.54) is 0 Å². The van der Waals surface area contributed by atoms with Crippen molar-refractivity contribution in [2.75, 3.05) is 6.61 Å². The van der Waals surface area contributed by atoms with E-state index >= 15 is 0 Å². The lowest BCUT2D eigenvalue weighted by Gasteiger charge is -2.36. The summed E-state index contributed by atoms with van der Waals surface area (Å²) in [6, 6.07) is 0. The number of aliphatic hydroxyl groups is 2. The fourth-order valence-corrected chi connectivity index (χ4v) is 4.67. The quantitative estimate of drug-likeness (QED) is 0.507. The van der Waals surface area contributed by atoms with Gasteiger partial charge in [-0.25, -0.2) is 9.59 Å². The second-order valence-corrected chi connectivity index (χ2v) is 10.1. The third-order valence-corrected chi connectivity index (χ3v) is 5.89. The fraction of sp³-hybridized carbons (Fsp3) is 0.565. The first-order valence-electron chi connectivity index (χ1n) is 10.7. The van der Waals surface area contributed by atoms with Crippen molar-refractivity contribution < 1.29 is 29.3 Å². The van der Waals surface area contributed by atoms with Gasteiger partial charge in [-0.15, -0.1) is 0 Å². The molecule has 32 heavy (non-hydrogen) atoms. The maximum atomic E-state index is 13.2. The van der Waals surface area contributed by atoms with E-state index in [0.29, 0.717) is 0 Å². The summed E-state index contributed by atoms with van der Waals surface area (Å²) in [5.41, 5.74) is -2.27. The maximum Gasteiger partial charge on any atom is 0.356 e. The molecular weight excluding hydrogens is 416 g/mol. The van der Waals surface area contributed by atoms with Crippen molar-refractivity contribution in [3.05, 3.63) is 44.5 Å². The first-order valence-corrected chi connectivity index (χ1v) is 10.7. The van der Waals surface area contributed by atoms with Crippen molar-refractivity contribution in [3.63, 3.8) is 0 Å². The van der Waals surface area contributed by atoms with Crippen molar-refractivity contribution >= 4 is 17.5 Å². The van der Waals surface area contributed by atoms with Crippen LogP contribution >= 0.6 is 0 Å². The number of carbonyl (C=O) groups excluding carboxylic acids is 3. The van der Waals surface area contributed by atoms with Gasteiger partial charge in [-0.1, -0.05) is 27.7 Å². The fourth-order valence-electron chi connectivity index (χ4n) is 4.67. The molecule has 174 valence electrons. The number of H-pyrrole nitrogens is 2. The molecule has 1 heterocycles. The Kier molecular flexibility index (Phi) is 5.97. The minimum atomic E-state index is -1.31. The Morgan fingerprint density at radius 2 is 1.38 bits per heavy atom. The first-order chi connectivity index (χ1) is 14.8. The van der Waals surface area contributed by atoms with Gasteiger partial charge in [0.05, 0.1) is 18.2 Å². The summed E-state index contributed by atoms with van der Waals surface area (Å²) < 4.78 is 5.02. The SMILES string of the molecule is CCOC(=O)c1[nH]c(=O)[nH]c1C(C1=C(O)CC(C)(C)CC1=O)C1=C(O)CC(C)(C)CC1=O. The average molecular weight is 447 g/mol. The molecule has 0 aliphatic heterocycles. The standard InChI is InChI=1S/C23H30N2O7/c1-6-32-20(30)19-18(24-21(31)25-19)17(15-11(26)7-22(2,3)8-12(15)27)16-13(28)9-23(4,5)10-14(16)29/h17,26,28H,6-10H2,1-5H3,(H2,24,25,31). The van der Waals surface area contributed by atoms with Crippen LogP contribution in [0.3, 0.4) is 0 Å². The molecule has 3 rings (SSSR count). The highest BCUT2D eigenvalue weighted by atomic mass is 16.5. The van der Waals surface area contributed by atoms with E-state index < -0.39 is 40.0 Å². The van der Waals surface area contributed by atoms with Gasteiger partial charge in [0.15, 0.2) is 11.6 Å². The van der Waals surface area contributed by atoms with E-state index in [-0.39, 0.29) is 66.3 Å². The number of ketones is 2. The topological polar surface area (TPSA) is 150 Å². The normalized spacial score (nSPS) is 20.8. The Balaban J connectivity index is 2.31. The molecule has 9 nitrogen and oxygen atoms in total.